The van der Waals surface area contributed by atoms with Crippen molar-refractivity contribution >= 4 is 10.0 Å². The number of unbranched alkanes of at least 4 members (excludes halogenated alkanes) is 2. The maximum absolute atomic E-state index is 11.6. The summed E-state index contributed by atoms with van der Waals surface area (Å²) in [4.78, 5) is 0. The van der Waals surface area contributed by atoms with E-state index < -0.39 is 10.0 Å². The van der Waals surface area contributed by atoms with Crippen LogP contribution in [0.2, 0.25) is 0 Å². The van der Waals surface area contributed by atoms with Gasteiger partial charge in [0.15, 0.2) is 0 Å². The van der Waals surface area contributed by atoms with E-state index in [1.54, 1.807) is 0 Å². The van der Waals surface area contributed by atoms with E-state index in [9.17, 15) is 8.42 Å². The summed E-state index contributed by atoms with van der Waals surface area (Å²) in [6.45, 7) is 10.3. The summed E-state index contributed by atoms with van der Waals surface area (Å²) in [6, 6.07) is 0. The molecular weight excluding hydrogens is 238 g/mol. The quantitative estimate of drug-likeness (QED) is 0.685. The maximum atomic E-state index is 11.6. The lowest BCUT2D eigenvalue weighted by Crippen LogP contribution is -2.41. The molecule has 0 rings (SSSR count). The van der Waals surface area contributed by atoms with Crippen molar-refractivity contribution < 1.29 is 13.2 Å². The van der Waals surface area contributed by atoms with Gasteiger partial charge in [-0.05, 0) is 47.5 Å². The standard InChI is InChI=1S/C12H27NO3S/c1-11(2)16-9-7-6-8-10-17(14,15)13-12(3,4)5/h11,13H,6-10H2,1-5H3. The highest BCUT2D eigenvalue weighted by atomic mass is 32.2. The van der Waals surface area contributed by atoms with Crippen LogP contribution >= 0.6 is 0 Å². The van der Waals surface area contributed by atoms with E-state index >= 15 is 0 Å². The molecule has 0 aliphatic carbocycles. The van der Waals surface area contributed by atoms with Crippen LogP contribution in [-0.2, 0) is 14.8 Å². The molecule has 0 aromatic rings. The average molecular weight is 265 g/mol. The zero-order valence-corrected chi connectivity index (χ0v) is 12.6. The Bertz CT molecular complexity index is 291. The second kappa shape index (κ2) is 7.34. The minimum Gasteiger partial charge on any atom is -0.379 e. The van der Waals surface area contributed by atoms with Crippen molar-refractivity contribution in [2.75, 3.05) is 12.4 Å². The summed E-state index contributed by atoms with van der Waals surface area (Å²) in [7, 11) is -3.13. The van der Waals surface area contributed by atoms with E-state index in [1.807, 2.05) is 34.6 Å². The lowest BCUT2D eigenvalue weighted by atomic mass is 10.1. The van der Waals surface area contributed by atoms with Gasteiger partial charge in [0, 0.05) is 12.1 Å². The second-order valence-corrected chi connectivity index (χ2v) is 7.49. The molecule has 0 aromatic heterocycles. The van der Waals surface area contributed by atoms with Crippen molar-refractivity contribution in [1.29, 1.82) is 0 Å². The van der Waals surface area contributed by atoms with Crippen molar-refractivity contribution in [3.05, 3.63) is 0 Å². The van der Waals surface area contributed by atoms with E-state index in [2.05, 4.69) is 4.72 Å². The molecule has 0 saturated carbocycles. The average Bonchev–Trinajstić information content (AvgIpc) is 2.06. The summed E-state index contributed by atoms with van der Waals surface area (Å²) in [6.07, 6.45) is 2.75. The number of hydrogen-bond donors (Lipinski definition) is 1. The highest BCUT2D eigenvalue weighted by molar-refractivity contribution is 7.89. The summed E-state index contributed by atoms with van der Waals surface area (Å²) in [5.41, 5.74) is -0.389. The fourth-order valence-electron chi connectivity index (χ4n) is 1.41. The van der Waals surface area contributed by atoms with Gasteiger partial charge in [-0.25, -0.2) is 13.1 Å². The van der Waals surface area contributed by atoms with Crippen LogP contribution < -0.4 is 4.72 Å². The summed E-state index contributed by atoms with van der Waals surface area (Å²) in [5, 5.41) is 0. The Kier molecular flexibility index (Phi) is 7.28. The number of rotatable bonds is 8. The van der Waals surface area contributed by atoms with Crippen molar-refractivity contribution in [1.82, 2.24) is 4.72 Å². The first-order valence-corrected chi connectivity index (χ1v) is 7.91. The Morgan fingerprint density at radius 2 is 1.71 bits per heavy atom. The number of ether oxygens (including phenoxy) is 1. The van der Waals surface area contributed by atoms with Crippen molar-refractivity contribution in [3.8, 4) is 0 Å². The van der Waals surface area contributed by atoms with Gasteiger partial charge in [-0.1, -0.05) is 6.42 Å². The first kappa shape index (κ1) is 16.9. The molecule has 0 aliphatic rings. The smallest absolute Gasteiger partial charge is 0.212 e. The van der Waals surface area contributed by atoms with Crippen molar-refractivity contribution in [2.24, 2.45) is 0 Å². The molecule has 104 valence electrons. The molecule has 0 aliphatic heterocycles. The van der Waals surface area contributed by atoms with E-state index in [0.29, 0.717) is 13.0 Å². The van der Waals surface area contributed by atoms with E-state index in [0.717, 1.165) is 12.8 Å². The normalized spacial score (nSPS) is 13.3. The topological polar surface area (TPSA) is 55.4 Å². The van der Waals surface area contributed by atoms with Crippen LogP contribution in [0.3, 0.4) is 0 Å². The van der Waals surface area contributed by atoms with E-state index in [1.165, 1.54) is 0 Å². The van der Waals surface area contributed by atoms with Crippen LogP contribution in [0, 0.1) is 0 Å². The van der Waals surface area contributed by atoms with E-state index in [-0.39, 0.29) is 17.4 Å². The monoisotopic (exact) mass is 265 g/mol. The third kappa shape index (κ3) is 12.1. The summed E-state index contributed by atoms with van der Waals surface area (Å²) in [5.74, 6) is 0.200. The Labute approximate surface area is 106 Å². The van der Waals surface area contributed by atoms with E-state index in [4.69, 9.17) is 4.74 Å². The van der Waals surface area contributed by atoms with Crippen LogP contribution in [-0.4, -0.2) is 32.4 Å². The number of nitrogens with one attached hydrogen (secondary N) is 1. The molecule has 0 radical (unpaired) electrons. The van der Waals surface area contributed by atoms with Gasteiger partial charge in [0.2, 0.25) is 10.0 Å². The first-order valence-electron chi connectivity index (χ1n) is 6.26. The zero-order valence-electron chi connectivity index (χ0n) is 11.7. The highest BCUT2D eigenvalue weighted by Gasteiger charge is 2.18. The molecule has 5 heteroatoms. The lowest BCUT2D eigenvalue weighted by molar-refractivity contribution is 0.0759. The fraction of sp³-hybridized carbons (Fsp3) is 1.00. The number of sulfonamides is 1. The Hall–Kier alpha value is -0.130. The molecule has 0 aromatic carbocycles. The van der Waals surface area contributed by atoms with Gasteiger partial charge in [-0.15, -0.1) is 0 Å². The second-order valence-electron chi connectivity index (χ2n) is 5.65. The minimum atomic E-state index is -3.13. The van der Waals surface area contributed by atoms with Gasteiger partial charge >= 0.3 is 0 Å². The van der Waals surface area contributed by atoms with Crippen molar-refractivity contribution in [2.45, 2.75) is 65.5 Å². The summed E-state index contributed by atoms with van der Waals surface area (Å²) < 4.78 is 31.3. The zero-order chi connectivity index (χ0) is 13.5. The van der Waals surface area contributed by atoms with Crippen LogP contribution in [0.5, 0.6) is 0 Å². The molecule has 0 atom stereocenters. The molecule has 4 nitrogen and oxygen atoms in total. The van der Waals surface area contributed by atoms with Gasteiger partial charge < -0.3 is 4.74 Å². The van der Waals surface area contributed by atoms with Gasteiger partial charge in [0.05, 0.1) is 11.9 Å². The lowest BCUT2D eigenvalue weighted by Gasteiger charge is -2.20. The predicted octanol–water partition coefficient (Wildman–Crippen LogP) is 2.30. The van der Waals surface area contributed by atoms with Crippen LogP contribution in [0.15, 0.2) is 0 Å². The van der Waals surface area contributed by atoms with Gasteiger partial charge in [-0.3, -0.25) is 0 Å². The Morgan fingerprint density at radius 3 is 2.18 bits per heavy atom. The first-order chi connectivity index (χ1) is 7.62. The molecule has 0 heterocycles. The third-order valence-electron chi connectivity index (χ3n) is 1.97. The molecule has 17 heavy (non-hydrogen) atoms. The van der Waals surface area contributed by atoms with Crippen LogP contribution in [0.4, 0.5) is 0 Å². The van der Waals surface area contributed by atoms with Crippen molar-refractivity contribution in [3.63, 3.8) is 0 Å². The third-order valence-corrected chi connectivity index (χ3v) is 3.72. The highest BCUT2D eigenvalue weighted by Crippen LogP contribution is 2.05. The molecule has 0 amide bonds. The predicted molar refractivity (Wildman–Crippen MR) is 71.6 cm³/mol. The molecule has 0 fully saturated rings. The molecule has 0 bridgehead atoms. The van der Waals surface area contributed by atoms with Gasteiger partial charge in [-0.2, -0.15) is 0 Å². The van der Waals surface area contributed by atoms with Crippen LogP contribution in [0.25, 0.3) is 0 Å². The molecule has 0 spiro atoms. The number of hydrogen-bond acceptors (Lipinski definition) is 3. The van der Waals surface area contributed by atoms with Gasteiger partial charge in [0.1, 0.15) is 0 Å². The SMILES string of the molecule is CC(C)OCCCCCS(=O)(=O)NC(C)(C)C. The largest absolute Gasteiger partial charge is 0.379 e. The molecule has 1 N–H and O–H groups in total. The molecular formula is C12H27NO3S. The molecule has 0 unspecified atom stereocenters. The van der Waals surface area contributed by atoms with Crippen LogP contribution in [0.1, 0.15) is 53.9 Å². The molecule has 0 saturated heterocycles. The fourth-order valence-corrected chi connectivity index (χ4v) is 3.03. The Balaban J connectivity index is 3.67. The maximum Gasteiger partial charge on any atom is 0.212 e. The summed E-state index contributed by atoms with van der Waals surface area (Å²) >= 11 is 0. The Morgan fingerprint density at radius 1 is 1.12 bits per heavy atom. The minimum absolute atomic E-state index is 0.200. The van der Waals surface area contributed by atoms with Gasteiger partial charge in [0.25, 0.3) is 0 Å².